The van der Waals surface area contributed by atoms with Crippen molar-refractivity contribution in [3.05, 3.63) is 0 Å². The third-order valence-corrected chi connectivity index (χ3v) is 3.19. The van der Waals surface area contributed by atoms with Gasteiger partial charge in [-0.1, -0.05) is 27.7 Å². The summed E-state index contributed by atoms with van der Waals surface area (Å²) in [6.07, 6.45) is 1.02. The van der Waals surface area contributed by atoms with E-state index in [4.69, 9.17) is 5.73 Å². The predicted octanol–water partition coefficient (Wildman–Crippen LogP) is 1.58. The van der Waals surface area contributed by atoms with Crippen molar-refractivity contribution in [1.29, 1.82) is 0 Å². The van der Waals surface area contributed by atoms with Crippen LogP contribution in [0.3, 0.4) is 0 Å². The summed E-state index contributed by atoms with van der Waals surface area (Å²) in [5, 5.41) is 0. The lowest BCUT2D eigenvalue weighted by molar-refractivity contribution is -0.133. The second-order valence-corrected chi connectivity index (χ2v) is 6.37. The Hall–Kier alpha value is -0.320. The first-order valence-corrected chi connectivity index (χ1v) is 7.14. The van der Waals surface area contributed by atoms with Crippen LogP contribution in [0.5, 0.6) is 0 Å². The summed E-state index contributed by atoms with van der Waals surface area (Å²) in [6.45, 7) is 12.7. The molecule has 0 aromatic rings. The number of hydrogen-bond acceptors (Lipinski definition) is 3. The van der Waals surface area contributed by atoms with Crippen LogP contribution in [-0.4, -0.2) is 54.5 Å². The van der Waals surface area contributed by atoms with Gasteiger partial charge in [0.25, 0.3) is 0 Å². The maximum atomic E-state index is 12.3. The number of halogens is 1. The van der Waals surface area contributed by atoms with Crippen molar-refractivity contribution in [2.45, 2.75) is 40.2 Å². The summed E-state index contributed by atoms with van der Waals surface area (Å²) in [5.41, 5.74) is 5.87. The van der Waals surface area contributed by atoms with Gasteiger partial charge >= 0.3 is 0 Å². The molecule has 0 radical (unpaired) electrons. The van der Waals surface area contributed by atoms with Gasteiger partial charge in [-0.2, -0.15) is 0 Å². The Labute approximate surface area is 124 Å². The Balaban J connectivity index is 0.00000324. The summed E-state index contributed by atoms with van der Waals surface area (Å²) >= 11 is 0. The predicted molar refractivity (Wildman–Crippen MR) is 82.5 cm³/mol. The minimum Gasteiger partial charge on any atom is -0.341 e. The van der Waals surface area contributed by atoms with E-state index < -0.39 is 0 Å². The topological polar surface area (TPSA) is 49.6 Å². The SMILES string of the molecule is CC(C)CN(CC(C)C)C(=O)CN1CC[C@H](N)C1.Cl. The number of carbonyl (C=O) groups is 1. The molecule has 0 saturated carbocycles. The summed E-state index contributed by atoms with van der Waals surface area (Å²) in [7, 11) is 0. The van der Waals surface area contributed by atoms with Crippen molar-refractivity contribution in [2.24, 2.45) is 17.6 Å². The smallest absolute Gasteiger partial charge is 0.236 e. The zero-order valence-corrected chi connectivity index (χ0v) is 13.6. The number of nitrogens with two attached hydrogens (primary N) is 1. The molecule has 4 nitrogen and oxygen atoms in total. The molecule has 1 aliphatic heterocycles. The van der Waals surface area contributed by atoms with Crippen molar-refractivity contribution in [1.82, 2.24) is 9.80 Å². The van der Waals surface area contributed by atoms with Crippen molar-refractivity contribution < 1.29 is 4.79 Å². The van der Waals surface area contributed by atoms with Gasteiger partial charge in [0.1, 0.15) is 0 Å². The normalized spacial score (nSPS) is 19.8. The molecule has 19 heavy (non-hydrogen) atoms. The molecular weight excluding hydrogens is 262 g/mol. The Morgan fingerprint density at radius 3 is 2.16 bits per heavy atom. The molecule has 0 aromatic carbocycles. The van der Waals surface area contributed by atoms with Gasteiger partial charge in [-0.25, -0.2) is 0 Å². The number of carbonyl (C=O) groups excluding carboxylic acids is 1. The van der Waals surface area contributed by atoms with Gasteiger partial charge in [0.15, 0.2) is 0 Å². The standard InChI is InChI=1S/C14H29N3O.ClH/c1-11(2)7-17(8-12(3)4)14(18)10-16-6-5-13(15)9-16;/h11-13H,5-10,15H2,1-4H3;1H/t13-;/m0./s1. The first-order chi connectivity index (χ1) is 8.38. The molecule has 2 N–H and O–H groups in total. The summed E-state index contributed by atoms with van der Waals surface area (Å²) < 4.78 is 0. The minimum atomic E-state index is 0. The zero-order valence-electron chi connectivity index (χ0n) is 12.8. The quantitative estimate of drug-likeness (QED) is 0.808. The van der Waals surface area contributed by atoms with Crippen molar-refractivity contribution in [3.63, 3.8) is 0 Å². The highest BCUT2D eigenvalue weighted by Gasteiger charge is 2.24. The van der Waals surface area contributed by atoms with Crippen LogP contribution in [0.1, 0.15) is 34.1 Å². The molecule has 1 atom stereocenters. The third kappa shape index (κ3) is 7.14. The van der Waals surface area contributed by atoms with E-state index in [0.717, 1.165) is 32.6 Å². The Morgan fingerprint density at radius 1 is 1.26 bits per heavy atom. The number of likely N-dealkylation sites (tertiary alicyclic amines) is 1. The molecular formula is C14H30ClN3O. The first-order valence-electron chi connectivity index (χ1n) is 7.14. The van der Waals surface area contributed by atoms with Gasteiger partial charge in [0.2, 0.25) is 5.91 Å². The average Bonchev–Trinajstić information content (AvgIpc) is 2.61. The molecule has 0 aliphatic carbocycles. The Bertz CT molecular complexity index is 261. The van der Waals surface area contributed by atoms with Crippen molar-refractivity contribution in [2.75, 3.05) is 32.7 Å². The van der Waals surface area contributed by atoms with E-state index in [1.165, 1.54) is 0 Å². The molecule has 5 heteroatoms. The lowest BCUT2D eigenvalue weighted by Gasteiger charge is -2.28. The largest absolute Gasteiger partial charge is 0.341 e. The molecule has 1 aliphatic rings. The molecule has 1 fully saturated rings. The molecule has 0 spiro atoms. The molecule has 1 rings (SSSR count). The van der Waals surface area contributed by atoms with E-state index in [9.17, 15) is 4.79 Å². The van der Waals surface area contributed by atoms with Crippen LogP contribution in [0, 0.1) is 11.8 Å². The van der Waals surface area contributed by atoms with Gasteiger partial charge in [-0.3, -0.25) is 9.69 Å². The maximum absolute atomic E-state index is 12.3. The Kier molecular flexibility index (Phi) is 8.62. The molecule has 1 saturated heterocycles. The minimum absolute atomic E-state index is 0. The second kappa shape index (κ2) is 8.77. The van der Waals surface area contributed by atoms with Crippen LogP contribution < -0.4 is 5.73 Å². The highest BCUT2D eigenvalue weighted by Crippen LogP contribution is 2.09. The van der Waals surface area contributed by atoms with Crippen LogP contribution >= 0.6 is 12.4 Å². The van der Waals surface area contributed by atoms with Gasteiger partial charge in [-0.15, -0.1) is 12.4 Å². The van der Waals surface area contributed by atoms with Crippen molar-refractivity contribution in [3.8, 4) is 0 Å². The second-order valence-electron chi connectivity index (χ2n) is 6.37. The highest BCUT2D eigenvalue weighted by molar-refractivity contribution is 5.85. The molecule has 114 valence electrons. The van der Waals surface area contributed by atoms with E-state index in [-0.39, 0.29) is 24.4 Å². The lowest BCUT2D eigenvalue weighted by atomic mass is 10.1. The van der Waals surface area contributed by atoms with Gasteiger partial charge in [0, 0.05) is 32.2 Å². The third-order valence-electron chi connectivity index (χ3n) is 3.19. The van der Waals surface area contributed by atoms with Crippen LogP contribution in [0.4, 0.5) is 0 Å². The molecule has 1 amide bonds. The van der Waals surface area contributed by atoms with Gasteiger partial charge in [0.05, 0.1) is 6.54 Å². The molecule has 0 bridgehead atoms. The molecule has 0 aromatic heterocycles. The zero-order chi connectivity index (χ0) is 13.7. The van der Waals surface area contributed by atoms with E-state index >= 15 is 0 Å². The number of nitrogens with zero attached hydrogens (tertiary/aromatic N) is 2. The Morgan fingerprint density at radius 2 is 1.79 bits per heavy atom. The summed E-state index contributed by atoms with van der Waals surface area (Å²) in [4.78, 5) is 16.5. The van der Waals surface area contributed by atoms with Crippen molar-refractivity contribution >= 4 is 18.3 Å². The molecule has 0 unspecified atom stereocenters. The van der Waals surface area contributed by atoms with Gasteiger partial charge < -0.3 is 10.6 Å². The summed E-state index contributed by atoms with van der Waals surface area (Å²) in [5.74, 6) is 1.30. The monoisotopic (exact) mass is 291 g/mol. The van der Waals surface area contributed by atoms with Crippen LogP contribution in [0.25, 0.3) is 0 Å². The summed E-state index contributed by atoms with van der Waals surface area (Å²) in [6, 6.07) is 0.251. The highest BCUT2D eigenvalue weighted by atomic mass is 35.5. The number of rotatable bonds is 6. The lowest BCUT2D eigenvalue weighted by Crippen LogP contribution is -2.43. The fraction of sp³-hybridized carbons (Fsp3) is 0.929. The van der Waals surface area contributed by atoms with E-state index in [1.54, 1.807) is 0 Å². The van der Waals surface area contributed by atoms with E-state index in [2.05, 4.69) is 32.6 Å². The van der Waals surface area contributed by atoms with E-state index in [0.29, 0.717) is 18.4 Å². The van der Waals surface area contributed by atoms with Crippen LogP contribution in [0.2, 0.25) is 0 Å². The fourth-order valence-electron chi connectivity index (χ4n) is 2.46. The number of amides is 1. The number of hydrogen-bond donors (Lipinski definition) is 1. The first kappa shape index (κ1) is 18.7. The average molecular weight is 292 g/mol. The van der Waals surface area contributed by atoms with E-state index in [1.807, 2.05) is 4.90 Å². The molecule has 1 heterocycles. The van der Waals surface area contributed by atoms with Gasteiger partial charge in [-0.05, 0) is 18.3 Å². The maximum Gasteiger partial charge on any atom is 0.236 e. The van der Waals surface area contributed by atoms with Crippen LogP contribution in [0.15, 0.2) is 0 Å². The van der Waals surface area contributed by atoms with Crippen LogP contribution in [-0.2, 0) is 4.79 Å². The fourth-order valence-corrected chi connectivity index (χ4v) is 2.46.